The number of rotatable bonds is 0. The number of nitrogen functional groups attached to an aromatic ring is 1. The fraction of sp³-hybridized carbons (Fsp3) is 0.0500. The van der Waals surface area contributed by atoms with Crippen LogP contribution in [-0.2, 0) is 10.3 Å². The van der Waals surface area contributed by atoms with E-state index in [0.717, 1.165) is 0 Å². The summed E-state index contributed by atoms with van der Waals surface area (Å²) in [5, 5.41) is 20.2. The number of hydrogen-bond acceptors (Lipinski definition) is 6. The summed E-state index contributed by atoms with van der Waals surface area (Å²) in [7, 11) is 0. The lowest BCUT2D eigenvalue weighted by atomic mass is 9.77. The van der Waals surface area contributed by atoms with Gasteiger partial charge in [0.2, 0.25) is 0 Å². The van der Waals surface area contributed by atoms with E-state index in [0.29, 0.717) is 27.9 Å². The van der Waals surface area contributed by atoms with E-state index in [1.807, 2.05) is 0 Å². The number of aromatic hydroxyl groups is 2. The Morgan fingerprint density at radius 2 is 1.43 bits per heavy atom. The van der Waals surface area contributed by atoms with Crippen molar-refractivity contribution >= 4 is 34.9 Å². The van der Waals surface area contributed by atoms with Crippen LogP contribution >= 0.6 is 23.2 Å². The van der Waals surface area contributed by atoms with Crippen molar-refractivity contribution in [2.24, 2.45) is 0 Å². The Bertz CT molecular complexity index is 1150. The number of halogens is 2. The molecule has 2 aliphatic heterocycles. The predicted molar refractivity (Wildman–Crippen MR) is 102 cm³/mol. The van der Waals surface area contributed by atoms with Crippen molar-refractivity contribution in [2.45, 2.75) is 5.60 Å². The maximum atomic E-state index is 12.7. The highest BCUT2D eigenvalue weighted by Gasteiger charge is 2.54. The van der Waals surface area contributed by atoms with Crippen LogP contribution in [-0.4, -0.2) is 16.2 Å². The van der Waals surface area contributed by atoms with Gasteiger partial charge in [0.25, 0.3) is 0 Å². The van der Waals surface area contributed by atoms with Gasteiger partial charge in [-0.15, -0.1) is 0 Å². The minimum atomic E-state index is -1.42. The summed E-state index contributed by atoms with van der Waals surface area (Å²) in [6.45, 7) is 0. The zero-order valence-corrected chi connectivity index (χ0v) is 15.5. The van der Waals surface area contributed by atoms with E-state index in [4.69, 9.17) is 38.4 Å². The van der Waals surface area contributed by atoms with Crippen molar-refractivity contribution < 1.29 is 24.5 Å². The fourth-order valence-electron chi connectivity index (χ4n) is 3.75. The minimum absolute atomic E-state index is 0.0648. The van der Waals surface area contributed by atoms with Crippen molar-refractivity contribution in [3.05, 3.63) is 74.8 Å². The number of hydrogen-bond donors (Lipinski definition) is 3. The van der Waals surface area contributed by atoms with Crippen LogP contribution in [0.15, 0.2) is 42.5 Å². The van der Waals surface area contributed by atoms with Gasteiger partial charge in [-0.3, -0.25) is 0 Å². The van der Waals surface area contributed by atoms with E-state index in [1.54, 1.807) is 12.1 Å². The Hall–Kier alpha value is -3.09. The van der Waals surface area contributed by atoms with E-state index in [-0.39, 0.29) is 33.0 Å². The molecular formula is C20H11Cl2NO5. The number of carbonyl (C=O) groups is 1. The van der Waals surface area contributed by atoms with Crippen molar-refractivity contribution in [2.75, 3.05) is 5.73 Å². The molecule has 0 aromatic heterocycles. The second-order valence-corrected chi connectivity index (χ2v) is 7.39. The molecule has 0 bridgehead atoms. The molecular weight excluding hydrogens is 405 g/mol. The molecule has 140 valence electrons. The lowest BCUT2D eigenvalue weighted by molar-refractivity contribution is 0.0224. The second-order valence-electron chi connectivity index (χ2n) is 6.58. The molecule has 4 N–H and O–H groups in total. The Morgan fingerprint density at radius 1 is 0.857 bits per heavy atom. The van der Waals surface area contributed by atoms with Crippen LogP contribution in [0.3, 0.4) is 0 Å². The molecule has 3 aromatic carbocycles. The molecule has 3 aromatic rings. The number of ether oxygens (including phenoxy) is 2. The standard InChI is InChI=1S/C20H11Cl2NO5/c21-13-4-11-17(6-15(13)24)27-18-7-16(25)14(22)5-12(18)20(11)10-2-1-8(23)3-9(10)19(26)28-20/h1-7,24-25H,23H2. The monoisotopic (exact) mass is 415 g/mol. The number of nitrogens with two attached hydrogens (primary N) is 1. The van der Waals surface area contributed by atoms with Crippen LogP contribution in [0.4, 0.5) is 5.69 Å². The van der Waals surface area contributed by atoms with Gasteiger partial charge in [-0.1, -0.05) is 29.3 Å². The van der Waals surface area contributed by atoms with Gasteiger partial charge in [0.15, 0.2) is 5.60 Å². The summed E-state index contributed by atoms with van der Waals surface area (Å²) in [6.07, 6.45) is 0. The first kappa shape index (κ1) is 17.0. The van der Waals surface area contributed by atoms with E-state index in [9.17, 15) is 15.0 Å². The summed E-state index contributed by atoms with van der Waals surface area (Å²) in [5.74, 6) is -0.505. The van der Waals surface area contributed by atoms with Crippen molar-refractivity contribution in [3.63, 3.8) is 0 Å². The first-order chi connectivity index (χ1) is 13.3. The zero-order valence-electron chi connectivity index (χ0n) is 14.0. The molecule has 0 atom stereocenters. The summed E-state index contributed by atoms with van der Waals surface area (Å²) in [4.78, 5) is 12.7. The van der Waals surface area contributed by atoms with E-state index < -0.39 is 11.6 Å². The maximum Gasteiger partial charge on any atom is 0.340 e. The Morgan fingerprint density at radius 3 is 2.00 bits per heavy atom. The quantitative estimate of drug-likeness (QED) is 0.367. The molecule has 0 saturated heterocycles. The highest BCUT2D eigenvalue weighted by molar-refractivity contribution is 6.32. The van der Waals surface area contributed by atoms with E-state index in [2.05, 4.69) is 0 Å². The molecule has 2 heterocycles. The zero-order chi connectivity index (χ0) is 19.8. The molecule has 2 aliphatic rings. The summed E-state index contributed by atoms with van der Waals surface area (Å²) < 4.78 is 11.8. The molecule has 0 aliphatic carbocycles. The first-order valence-electron chi connectivity index (χ1n) is 8.18. The SMILES string of the molecule is Nc1ccc2c(c1)C(=O)OC21c2cc(Cl)c(O)cc2Oc2cc(O)c(Cl)cc21. The van der Waals surface area contributed by atoms with Gasteiger partial charge in [-0.25, -0.2) is 4.79 Å². The summed E-state index contributed by atoms with van der Waals surface area (Å²) in [5.41, 5.74) is 6.50. The molecule has 5 rings (SSSR count). The number of anilines is 1. The lowest BCUT2D eigenvalue weighted by Gasteiger charge is -2.36. The smallest absolute Gasteiger partial charge is 0.340 e. The molecule has 0 fully saturated rings. The molecule has 8 heteroatoms. The number of phenolic OH excluding ortho intramolecular Hbond substituents is 2. The highest BCUT2D eigenvalue weighted by atomic mass is 35.5. The Balaban J connectivity index is 1.93. The highest BCUT2D eigenvalue weighted by Crippen LogP contribution is 2.58. The Kier molecular flexibility index (Phi) is 3.33. The van der Waals surface area contributed by atoms with Crippen LogP contribution < -0.4 is 10.5 Å². The topological polar surface area (TPSA) is 102 Å². The average molecular weight is 416 g/mol. The minimum Gasteiger partial charge on any atom is -0.506 e. The van der Waals surface area contributed by atoms with Gasteiger partial charge in [-0.05, 0) is 24.3 Å². The molecule has 6 nitrogen and oxygen atoms in total. The molecule has 0 unspecified atom stereocenters. The second kappa shape index (κ2) is 5.47. The van der Waals surface area contributed by atoms with Crippen LogP contribution in [0, 0.1) is 0 Å². The van der Waals surface area contributed by atoms with Gasteiger partial charge in [-0.2, -0.15) is 0 Å². The molecule has 28 heavy (non-hydrogen) atoms. The third kappa shape index (κ3) is 2.07. The lowest BCUT2D eigenvalue weighted by Crippen LogP contribution is -2.33. The first-order valence-corrected chi connectivity index (χ1v) is 8.94. The third-order valence-corrected chi connectivity index (χ3v) is 5.57. The van der Waals surface area contributed by atoms with Crippen LogP contribution in [0.25, 0.3) is 0 Å². The summed E-state index contributed by atoms with van der Waals surface area (Å²) in [6, 6.07) is 10.5. The number of benzene rings is 3. The van der Waals surface area contributed by atoms with E-state index in [1.165, 1.54) is 30.3 Å². The third-order valence-electron chi connectivity index (χ3n) is 4.97. The largest absolute Gasteiger partial charge is 0.506 e. The van der Waals surface area contributed by atoms with Gasteiger partial charge >= 0.3 is 5.97 Å². The molecule has 0 radical (unpaired) electrons. The van der Waals surface area contributed by atoms with Crippen molar-refractivity contribution in [1.29, 1.82) is 0 Å². The predicted octanol–water partition coefficient (Wildman–Crippen LogP) is 4.55. The van der Waals surface area contributed by atoms with Crippen LogP contribution in [0.5, 0.6) is 23.0 Å². The van der Waals surface area contributed by atoms with Gasteiger partial charge in [0.1, 0.15) is 23.0 Å². The van der Waals surface area contributed by atoms with Gasteiger partial charge < -0.3 is 25.4 Å². The molecule has 0 amide bonds. The number of fused-ring (bicyclic) bond motifs is 6. The maximum absolute atomic E-state index is 12.7. The van der Waals surface area contributed by atoms with Gasteiger partial charge in [0, 0.05) is 34.5 Å². The van der Waals surface area contributed by atoms with Crippen molar-refractivity contribution in [1.82, 2.24) is 0 Å². The normalized spacial score (nSPS) is 15.4. The average Bonchev–Trinajstić information content (AvgIpc) is 2.92. The molecule has 1 spiro atoms. The molecule has 0 saturated carbocycles. The van der Waals surface area contributed by atoms with Crippen LogP contribution in [0.1, 0.15) is 27.0 Å². The fourth-order valence-corrected chi connectivity index (χ4v) is 4.08. The van der Waals surface area contributed by atoms with Gasteiger partial charge in [0.05, 0.1) is 15.6 Å². The number of esters is 1. The Labute approximate surface area is 168 Å². The van der Waals surface area contributed by atoms with Crippen molar-refractivity contribution in [3.8, 4) is 23.0 Å². The number of carbonyl (C=O) groups excluding carboxylic acids is 1. The van der Waals surface area contributed by atoms with Crippen LogP contribution in [0.2, 0.25) is 10.0 Å². The van der Waals surface area contributed by atoms with E-state index >= 15 is 0 Å². The summed E-state index contributed by atoms with van der Waals surface area (Å²) >= 11 is 12.3. The number of phenols is 2.